The second-order valence-corrected chi connectivity index (χ2v) is 22.5. The van der Waals surface area contributed by atoms with Gasteiger partial charge in [0.15, 0.2) is 0 Å². The van der Waals surface area contributed by atoms with Crippen LogP contribution in [0.1, 0.15) is 114 Å². The molecule has 0 amide bonds. The van der Waals surface area contributed by atoms with Crippen LogP contribution < -0.4 is 26.2 Å². The minimum Gasteiger partial charge on any atom is -0.311 e. The smallest absolute Gasteiger partial charge is 0.252 e. The molecule has 7 aromatic rings. The van der Waals surface area contributed by atoms with Gasteiger partial charge in [-0.3, -0.25) is 0 Å². The maximum Gasteiger partial charge on any atom is 0.252 e. The second-order valence-electron chi connectivity index (χ2n) is 22.5. The topological polar surface area (TPSA) is 6.48 Å². The van der Waals surface area contributed by atoms with Crippen LogP contribution in [-0.2, 0) is 29.1 Å². The molecule has 0 bridgehead atoms. The molecule has 0 radical (unpaired) electrons. The number of fused-ring (bicyclic) bond motifs is 5. The molecule has 0 unspecified atom stereocenters. The first-order valence-electron chi connectivity index (χ1n) is 24.5. The Labute approximate surface area is 382 Å². The molecule has 2 nitrogen and oxygen atoms in total. The molecule has 0 spiro atoms. The number of anilines is 6. The van der Waals surface area contributed by atoms with Crippen LogP contribution in [0.15, 0.2) is 140 Å². The van der Waals surface area contributed by atoms with Gasteiger partial charge < -0.3 is 9.80 Å². The van der Waals surface area contributed by atoms with Crippen molar-refractivity contribution in [3.63, 3.8) is 0 Å². The third kappa shape index (κ3) is 7.04. The van der Waals surface area contributed by atoms with Crippen molar-refractivity contribution < 1.29 is 4.11 Å². The largest absolute Gasteiger partial charge is 0.311 e. The van der Waals surface area contributed by atoms with Crippen LogP contribution in [0.25, 0.3) is 22.3 Å². The summed E-state index contributed by atoms with van der Waals surface area (Å²) in [7, 11) is 0. The number of hydrogen-bond donors (Lipinski definition) is 0. The molecule has 2 aliphatic heterocycles. The molecule has 7 aromatic carbocycles. The standard InChI is InChI=1S/C60H63BN2/c1-38-28-54-56-55(29-38)63(51-35-46(39-20-15-13-16-21-39)48(59(8,9)10)34-47(51)40-22-17-14-18-23-40)52-31-42-37-60(11,12)36-41(42)30-50(52)61(56)49-27-26-44(58(5,6)7)33-53(49)62(54)45-25-19-24-43(32-45)57(2,3)4/h13-35H,36-37H2,1-12H3/i1D3. The van der Waals surface area contributed by atoms with E-state index in [0.29, 0.717) is 5.56 Å². The predicted octanol–water partition coefficient (Wildman–Crippen LogP) is 14.4. The van der Waals surface area contributed by atoms with Gasteiger partial charge in [0, 0.05) is 38.1 Å². The van der Waals surface area contributed by atoms with E-state index >= 15 is 0 Å². The molecule has 1 aliphatic carbocycles. The van der Waals surface area contributed by atoms with Gasteiger partial charge in [-0.15, -0.1) is 0 Å². The zero-order chi connectivity index (χ0) is 46.9. The average molecular weight is 826 g/mol. The van der Waals surface area contributed by atoms with E-state index in [-0.39, 0.29) is 28.4 Å². The first kappa shape index (κ1) is 37.7. The minimum atomic E-state index is -2.38. The van der Waals surface area contributed by atoms with Gasteiger partial charge in [-0.1, -0.05) is 167 Å². The molecular formula is C60H63BN2. The lowest BCUT2D eigenvalue weighted by atomic mass is 9.33. The van der Waals surface area contributed by atoms with Gasteiger partial charge in [-0.25, -0.2) is 0 Å². The van der Waals surface area contributed by atoms with E-state index in [1.807, 2.05) is 12.1 Å². The maximum absolute atomic E-state index is 9.15. The van der Waals surface area contributed by atoms with E-state index in [0.717, 1.165) is 69.1 Å². The van der Waals surface area contributed by atoms with Gasteiger partial charge >= 0.3 is 0 Å². The highest BCUT2D eigenvalue weighted by Gasteiger charge is 2.46. The fraction of sp³-hybridized carbons (Fsp3) is 0.300. The van der Waals surface area contributed by atoms with Crippen LogP contribution in [0.4, 0.5) is 34.1 Å². The Bertz CT molecular complexity index is 3050. The Morgan fingerprint density at radius 1 is 0.492 bits per heavy atom. The second kappa shape index (κ2) is 14.4. The third-order valence-corrected chi connectivity index (χ3v) is 13.9. The molecule has 10 rings (SSSR count). The molecule has 0 fully saturated rings. The van der Waals surface area contributed by atoms with Crippen molar-refractivity contribution >= 4 is 57.2 Å². The summed E-state index contributed by atoms with van der Waals surface area (Å²) in [5.41, 5.74) is 20.8. The summed E-state index contributed by atoms with van der Waals surface area (Å²) in [6.45, 7) is 22.8. The maximum atomic E-state index is 9.15. The summed E-state index contributed by atoms with van der Waals surface area (Å²) in [6.07, 6.45) is 1.99. The number of benzene rings is 7. The Hall–Kier alpha value is -5.80. The highest BCUT2D eigenvalue weighted by atomic mass is 15.2. The van der Waals surface area contributed by atoms with Crippen LogP contribution in [-0.4, -0.2) is 6.71 Å². The van der Waals surface area contributed by atoms with Crippen LogP contribution in [0.5, 0.6) is 0 Å². The minimum absolute atomic E-state index is 0.0994. The molecule has 0 saturated heterocycles. The molecule has 3 heteroatoms. The van der Waals surface area contributed by atoms with Gasteiger partial charge in [0.2, 0.25) is 0 Å². The summed E-state index contributed by atoms with van der Waals surface area (Å²) < 4.78 is 27.5. The molecule has 63 heavy (non-hydrogen) atoms. The number of aryl methyl sites for hydroxylation is 1. The van der Waals surface area contributed by atoms with E-state index in [1.54, 1.807) is 0 Å². The van der Waals surface area contributed by atoms with Crippen molar-refractivity contribution in [2.75, 3.05) is 9.80 Å². The highest BCUT2D eigenvalue weighted by Crippen LogP contribution is 2.51. The molecule has 0 saturated carbocycles. The van der Waals surface area contributed by atoms with Gasteiger partial charge in [-0.05, 0) is 156 Å². The van der Waals surface area contributed by atoms with E-state index in [1.165, 1.54) is 44.3 Å². The van der Waals surface area contributed by atoms with Crippen LogP contribution >= 0.6 is 0 Å². The van der Waals surface area contributed by atoms with Crippen molar-refractivity contribution in [2.45, 2.75) is 112 Å². The van der Waals surface area contributed by atoms with Crippen molar-refractivity contribution in [1.82, 2.24) is 0 Å². The summed E-state index contributed by atoms with van der Waals surface area (Å²) in [4.78, 5) is 4.85. The van der Waals surface area contributed by atoms with E-state index < -0.39 is 6.85 Å². The molecular weight excluding hydrogens is 759 g/mol. The van der Waals surface area contributed by atoms with E-state index in [9.17, 15) is 0 Å². The summed E-state index contributed by atoms with van der Waals surface area (Å²) in [5, 5.41) is 0. The molecule has 3 aliphatic rings. The lowest BCUT2D eigenvalue weighted by molar-refractivity contribution is 0.392. The van der Waals surface area contributed by atoms with Gasteiger partial charge in [0.25, 0.3) is 6.71 Å². The first-order chi connectivity index (χ1) is 31.0. The average Bonchev–Trinajstić information content (AvgIpc) is 3.56. The summed E-state index contributed by atoms with van der Waals surface area (Å²) >= 11 is 0. The fourth-order valence-electron chi connectivity index (χ4n) is 10.8. The van der Waals surface area contributed by atoms with Crippen LogP contribution in [0.2, 0.25) is 0 Å². The molecule has 0 aromatic heterocycles. The number of nitrogens with zero attached hydrogens (tertiary/aromatic N) is 2. The predicted molar refractivity (Wildman–Crippen MR) is 273 cm³/mol. The molecule has 0 N–H and O–H groups in total. The van der Waals surface area contributed by atoms with E-state index in [4.69, 9.17) is 4.11 Å². The molecule has 0 atom stereocenters. The lowest BCUT2D eigenvalue weighted by Gasteiger charge is -2.45. The van der Waals surface area contributed by atoms with Crippen LogP contribution in [0.3, 0.4) is 0 Å². The third-order valence-electron chi connectivity index (χ3n) is 13.9. The molecule has 2 heterocycles. The van der Waals surface area contributed by atoms with Crippen LogP contribution in [0, 0.1) is 12.3 Å². The highest BCUT2D eigenvalue weighted by molar-refractivity contribution is 7.00. The first-order valence-corrected chi connectivity index (χ1v) is 23.0. The Morgan fingerprint density at radius 2 is 1.08 bits per heavy atom. The van der Waals surface area contributed by atoms with Crippen molar-refractivity contribution in [3.05, 3.63) is 173 Å². The lowest BCUT2D eigenvalue weighted by Crippen LogP contribution is -2.61. The number of rotatable bonds is 4. The SMILES string of the molecule is [2H]C([2H])([2H])c1cc2c3c(c1)N(c1cc(-c4ccccc4)c(C(C)(C)C)cc1-c1ccccc1)c1cc4c(cc1B3c1ccc(C(C)(C)C)cc1N2c1cccc(C(C)(C)C)c1)CC(C)(C)C4. The van der Waals surface area contributed by atoms with Gasteiger partial charge in [0.05, 0.1) is 5.69 Å². The van der Waals surface area contributed by atoms with Crippen molar-refractivity contribution in [2.24, 2.45) is 5.41 Å². The van der Waals surface area contributed by atoms with E-state index in [2.05, 4.69) is 213 Å². The Morgan fingerprint density at radius 3 is 1.70 bits per heavy atom. The van der Waals surface area contributed by atoms with Crippen molar-refractivity contribution in [1.29, 1.82) is 0 Å². The Kier molecular flexibility index (Phi) is 8.60. The Balaban J connectivity index is 1.38. The summed E-state index contributed by atoms with van der Waals surface area (Å²) in [6, 6.07) is 51.4. The molecule has 316 valence electrons. The quantitative estimate of drug-likeness (QED) is 0.163. The number of hydrogen-bond acceptors (Lipinski definition) is 2. The summed E-state index contributed by atoms with van der Waals surface area (Å²) in [5.74, 6) is 0. The zero-order valence-electron chi connectivity index (χ0n) is 42.2. The van der Waals surface area contributed by atoms with Crippen molar-refractivity contribution in [3.8, 4) is 22.3 Å². The monoisotopic (exact) mass is 826 g/mol. The zero-order valence-corrected chi connectivity index (χ0v) is 39.2. The van der Waals surface area contributed by atoms with Gasteiger partial charge in [0.1, 0.15) is 0 Å². The van der Waals surface area contributed by atoms with Gasteiger partial charge in [-0.2, -0.15) is 0 Å². The normalized spacial score (nSPS) is 16.1. The fourth-order valence-corrected chi connectivity index (χ4v) is 10.8.